The monoisotopic (exact) mass is 493 g/mol. The van der Waals surface area contributed by atoms with Crippen LogP contribution >= 0.6 is 11.6 Å². The third kappa shape index (κ3) is 5.30. The van der Waals surface area contributed by atoms with Gasteiger partial charge in [-0.1, -0.05) is 23.7 Å². The normalized spacial score (nSPS) is 17.6. The lowest BCUT2D eigenvalue weighted by Gasteiger charge is -2.20. The predicted molar refractivity (Wildman–Crippen MR) is 130 cm³/mol. The zero-order valence-corrected chi connectivity index (χ0v) is 20.5. The Balaban J connectivity index is 1.50. The molecule has 1 aromatic heterocycles. The Hall–Kier alpha value is -3.45. The van der Waals surface area contributed by atoms with Gasteiger partial charge in [0.2, 0.25) is 5.91 Å². The molecule has 0 bridgehead atoms. The first-order chi connectivity index (χ1) is 16.6. The van der Waals surface area contributed by atoms with Gasteiger partial charge in [0.25, 0.3) is 0 Å². The van der Waals surface area contributed by atoms with Crippen molar-refractivity contribution in [2.24, 2.45) is 5.92 Å². The lowest BCUT2D eigenvalue weighted by Crippen LogP contribution is -2.29. The van der Waals surface area contributed by atoms with Crippen molar-refractivity contribution in [2.45, 2.75) is 39.2 Å². The van der Waals surface area contributed by atoms with Gasteiger partial charge in [0, 0.05) is 50.3 Å². The quantitative estimate of drug-likeness (QED) is 0.459. The number of amides is 1. The molecule has 1 heterocycles. The minimum absolute atomic E-state index is 0.0317. The molecular formula is C27H25ClFN3O3. The first-order valence-electron chi connectivity index (χ1n) is 11.3. The number of Topliss-reactive ketones (excluding diaryl/α,β-unsaturated/α-hetero) is 2. The van der Waals surface area contributed by atoms with Gasteiger partial charge < -0.3 is 4.90 Å². The Labute approximate surface area is 208 Å². The second-order valence-corrected chi connectivity index (χ2v) is 9.47. The van der Waals surface area contributed by atoms with E-state index in [1.54, 1.807) is 19.2 Å². The third-order valence-corrected chi connectivity index (χ3v) is 6.57. The molecule has 0 N–H and O–H groups in total. The molecule has 2 atom stereocenters. The molecule has 0 radical (unpaired) electrons. The van der Waals surface area contributed by atoms with Crippen molar-refractivity contribution in [3.63, 3.8) is 0 Å². The summed E-state index contributed by atoms with van der Waals surface area (Å²) in [6, 6.07) is 9.75. The van der Waals surface area contributed by atoms with E-state index < -0.39 is 11.8 Å². The van der Waals surface area contributed by atoms with Crippen LogP contribution in [0.5, 0.6) is 0 Å². The van der Waals surface area contributed by atoms with E-state index in [9.17, 15) is 18.8 Å². The molecule has 1 amide bonds. The number of aryl methyl sites for hydroxylation is 2. The Morgan fingerprint density at radius 3 is 2.40 bits per heavy atom. The van der Waals surface area contributed by atoms with Gasteiger partial charge in [0.15, 0.2) is 11.6 Å². The van der Waals surface area contributed by atoms with Crippen LogP contribution in [-0.4, -0.2) is 39.4 Å². The number of rotatable bonds is 6. The van der Waals surface area contributed by atoms with Crippen molar-refractivity contribution < 1.29 is 18.8 Å². The van der Waals surface area contributed by atoms with E-state index in [2.05, 4.69) is 9.97 Å². The highest BCUT2D eigenvalue weighted by atomic mass is 35.5. The zero-order chi connectivity index (χ0) is 25.3. The summed E-state index contributed by atoms with van der Waals surface area (Å²) in [5.74, 6) is -2.10. The van der Waals surface area contributed by atoms with Crippen molar-refractivity contribution >= 4 is 29.1 Å². The molecule has 2 aromatic carbocycles. The summed E-state index contributed by atoms with van der Waals surface area (Å²) in [5, 5.41) is 0.433. The predicted octanol–water partition coefficient (Wildman–Crippen LogP) is 4.84. The highest BCUT2D eigenvalue weighted by molar-refractivity contribution is 6.30. The molecule has 1 saturated carbocycles. The maximum Gasteiger partial charge on any atom is 0.223 e. The fourth-order valence-corrected chi connectivity index (χ4v) is 4.81. The van der Waals surface area contributed by atoms with Crippen molar-refractivity contribution in [1.29, 1.82) is 0 Å². The number of hydrogen-bond donors (Lipinski definition) is 0. The maximum absolute atomic E-state index is 13.4. The van der Waals surface area contributed by atoms with E-state index >= 15 is 0 Å². The zero-order valence-electron chi connectivity index (χ0n) is 19.7. The van der Waals surface area contributed by atoms with E-state index in [0.717, 1.165) is 16.7 Å². The molecule has 4 rings (SSSR count). The number of carbonyl (C=O) groups excluding carboxylic acids is 3. The number of hydrogen-bond acceptors (Lipinski definition) is 5. The smallest absolute Gasteiger partial charge is 0.223 e. The number of aromatic nitrogens is 2. The summed E-state index contributed by atoms with van der Waals surface area (Å²) in [4.78, 5) is 49.0. The summed E-state index contributed by atoms with van der Waals surface area (Å²) < 4.78 is 13.4. The van der Waals surface area contributed by atoms with Crippen LogP contribution in [0.2, 0.25) is 5.02 Å². The largest absolute Gasteiger partial charge is 0.341 e. The minimum atomic E-state index is -0.887. The minimum Gasteiger partial charge on any atom is -0.341 e. The summed E-state index contributed by atoms with van der Waals surface area (Å²) >= 11 is 5.88. The molecule has 6 nitrogen and oxygen atoms in total. The average Bonchev–Trinajstić information content (AvgIpc) is 3.06. The summed E-state index contributed by atoms with van der Waals surface area (Å²) in [6.07, 6.45) is 3.00. The molecular weight excluding hydrogens is 469 g/mol. The second-order valence-electron chi connectivity index (χ2n) is 9.04. The topological polar surface area (TPSA) is 80.2 Å². The number of benzene rings is 2. The van der Waals surface area contributed by atoms with Crippen LogP contribution < -0.4 is 0 Å². The first kappa shape index (κ1) is 24.7. The Morgan fingerprint density at radius 1 is 1.11 bits per heavy atom. The lowest BCUT2D eigenvalue weighted by atomic mass is 9.86. The van der Waals surface area contributed by atoms with E-state index in [4.69, 9.17) is 11.6 Å². The second kappa shape index (κ2) is 10.0. The number of halogens is 2. The van der Waals surface area contributed by atoms with Crippen molar-refractivity contribution in [3.05, 3.63) is 81.9 Å². The molecule has 0 aliphatic heterocycles. The van der Waals surface area contributed by atoms with Gasteiger partial charge in [-0.05, 0) is 60.4 Å². The van der Waals surface area contributed by atoms with Crippen molar-refractivity contribution in [2.75, 3.05) is 7.05 Å². The van der Waals surface area contributed by atoms with E-state index in [0.29, 0.717) is 22.0 Å². The number of ketones is 2. The van der Waals surface area contributed by atoms with Gasteiger partial charge in [-0.25, -0.2) is 14.4 Å². The van der Waals surface area contributed by atoms with Gasteiger partial charge in [0.05, 0.1) is 5.02 Å². The average molecular weight is 494 g/mol. The van der Waals surface area contributed by atoms with Crippen LogP contribution in [0.1, 0.15) is 41.0 Å². The maximum atomic E-state index is 13.4. The van der Waals surface area contributed by atoms with Crippen LogP contribution in [0.15, 0.2) is 48.8 Å². The Morgan fingerprint density at radius 2 is 1.77 bits per heavy atom. The van der Waals surface area contributed by atoms with Crippen LogP contribution in [0.3, 0.4) is 0 Å². The highest BCUT2D eigenvalue weighted by Crippen LogP contribution is 2.38. The van der Waals surface area contributed by atoms with Crippen LogP contribution in [0, 0.1) is 25.6 Å². The van der Waals surface area contributed by atoms with Crippen molar-refractivity contribution in [3.8, 4) is 11.4 Å². The molecule has 1 aliphatic carbocycles. The molecule has 0 saturated heterocycles. The SMILES string of the molecule is Cc1cc(-c2ncc(Cl)cn2)cc(C)c1C1C(=O)CC(CC(=O)N(C)Cc2cccc(F)c2)C1=O. The van der Waals surface area contributed by atoms with Crippen LogP contribution in [0.4, 0.5) is 4.39 Å². The highest BCUT2D eigenvalue weighted by Gasteiger charge is 2.44. The van der Waals surface area contributed by atoms with Gasteiger partial charge in [-0.3, -0.25) is 14.4 Å². The van der Waals surface area contributed by atoms with Crippen LogP contribution in [0.25, 0.3) is 11.4 Å². The summed E-state index contributed by atoms with van der Waals surface area (Å²) in [5.41, 5.74) is 3.69. The molecule has 180 valence electrons. The molecule has 3 aromatic rings. The number of carbonyl (C=O) groups is 3. The van der Waals surface area contributed by atoms with Gasteiger partial charge in [-0.2, -0.15) is 0 Å². The fourth-order valence-electron chi connectivity index (χ4n) is 4.72. The molecule has 35 heavy (non-hydrogen) atoms. The Kier molecular flexibility index (Phi) is 7.08. The first-order valence-corrected chi connectivity index (χ1v) is 11.7. The van der Waals surface area contributed by atoms with Gasteiger partial charge in [0.1, 0.15) is 17.5 Å². The lowest BCUT2D eigenvalue weighted by molar-refractivity contribution is -0.134. The van der Waals surface area contributed by atoms with Gasteiger partial charge in [-0.15, -0.1) is 0 Å². The van der Waals surface area contributed by atoms with Gasteiger partial charge >= 0.3 is 0 Å². The van der Waals surface area contributed by atoms with Crippen LogP contribution in [-0.2, 0) is 20.9 Å². The van der Waals surface area contributed by atoms with E-state index in [-0.39, 0.29) is 42.7 Å². The van der Waals surface area contributed by atoms with E-state index in [1.165, 1.54) is 29.4 Å². The molecule has 1 fully saturated rings. The molecule has 8 heteroatoms. The standard InChI is InChI=1S/C27H25ClFN3O3/c1-15-7-19(27-30-12-20(28)13-31-27)8-16(2)24(15)25-22(33)10-18(26(25)35)11-23(34)32(3)14-17-5-4-6-21(29)9-17/h4-9,12-13,18,25H,10-11,14H2,1-3H3. The fraction of sp³-hybridized carbons (Fsp3) is 0.296. The number of nitrogens with zero attached hydrogens (tertiary/aromatic N) is 3. The molecule has 1 aliphatic rings. The molecule has 0 spiro atoms. The Bertz CT molecular complexity index is 1290. The third-order valence-electron chi connectivity index (χ3n) is 6.37. The summed E-state index contributed by atoms with van der Waals surface area (Å²) in [7, 11) is 1.61. The van der Waals surface area contributed by atoms with E-state index in [1.807, 2.05) is 26.0 Å². The van der Waals surface area contributed by atoms with Crippen molar-refractivity contribution in [1.82, 2.24) is 14.9 Å². The summed E-state index contributed by atoms with van der Waals surface area (Å²) in [6.45, 7) is 3.93. The molecule has 2 unspecified atom stereocenters.